The summed E-state index contributed by atoms with van der Waals surface area (Å²) in [4.78, 5) is 4.19. The molecule has 0 amide bonds. The number of nitrogens with zero attached hydrogens (tertiary/aromatic N) is 1. The van der Waals surface area contributed by atoms with Crippen molar-refractivity contribution in [1.29, 1.82) is 0 Å². The molecular weight excluding hydrogens is 146 g/mol. The summed E-state index contributed by atoms with van der Waals surface area (Å²) in [5.41, 5.74) is 3.98. The molecule has 12 heavy (non-hydrogen) atoms. The largest absolute Gasteiger partial charge is 0.293 e. The van der Waals surface area contributed by atoms with Crippen molar-refractivity contribution in [3.05, 3.63) is 34.9 Å². The van der Waals surface area contributed by atoms with Crippen LogP contribution in [0.1, 0.15) is 23.6 Å². The second-order valence-corrected chi connectivity index (χ2v) is 3.02. The minimum Gasteiger partial charge on any atom is -0.293 e. The number of aryl methyl sites for hydroxylation is 2. The van der Waals surface area contributed by atoms with E-state index in [1.54, 1.807) is 0 Å². The Morgan fingerprint density at radius 1 is 1.25 bits per heavy atom. The summed E-state index contributed by atoms with van der Waals surface area (Å²) < 4.78 is 0. The van der Waals surface area contributed by atoms with Gasteiger partial charge in [-0.25, -0.2) is 0 Å². The molecule has 0 saturated carbocycles. The fourth-order valence-corrected chi connectivity index (χ4v) is 1.10. The zero-order valence-corrected chi connectivity index (χ0v) is 7.96. The van der Waals surface area contributed by atoms with Crippen molar-refractivity contribution in [3.8, 4) is 0 Å². The van der Waals surface area contributed by atoms with Crippen molar-refractivity contribution >= 4 is 6.21 Å². The van der Waals surface area contributed by atoms with Gasteiger partial charge in [-0.2, -0.15) is 0 Å². The van der Waals surface area contributed by atoms with E-state index in [1.807, 2.05) is 13.1 Å². The van der Waals surface area contributed by atoms with Gasteiger partial charge in [0.2, 0.25) is 0 Å². The van der Waals surface area contributed by atoms with E-state index in [9.17, 15) is 0 Å². The molecule has 1 heteroatoms. The summed E-state index contributed by atoms with van der Waals surface area (Å²) >= 11 is 0. The van der Waals surface area contributed by atoms with Gasteiger partial charge in [-0.3, -0.25) is 4.99 Å². The number of aliphatic imine (C=N–C) groups is 1. The molecule has 0 spiro atoms. The zero-order chi connectivity index (χ0) is 8.97. The highest BCUT2D eigenvalue weighted by Crippen LogP contribution is 2.10. The van der Waals surface area contributed by atoms with Gasteiger partial charge < -0.3 is 0 Å². The first-order valence-electron chi connectivity index (χ1n) is 4.24. The first kappa shape index (κ1) is 8.98. The van der Waals surface area contributed by atoms with Gasteiger partial charge in [0.25, 0.3) is 0 Å². The molecule has 0 aliphatic heterocycles. The van der Waals surface area contributed by atoms with Crippen LogP contribution in [0, 0.1) is 13.8 Å². The lowest BCUT2D eigenvalue weighted by Crippen LogP contribution is -1.85. The predicted octanol–water partition coefficient (Wildman–Crippen LogP) is 2.89. The number of benzene rings is 1. The molecular formula is C11H15N. The summed E-state index contributed by atoms with van der Waals surface area (Å²) in [6.45, 7) is 7.01. The molecule has 1 aromatic carbocycles. The summed E-state index contributed by atoms with van der Waals surface area (Å²) in [7, 11) is 0. The van der Waals surface area contributed by atoms with Crippen LogP contribution in [0.5, 0.6) is 0 Å². The van der Waals surface area contributed by atoms with Gasteiger partial charge in [0.05, 0.1) is 6.54 Å². The predicted molar refractivity (Wildman–Crippen MR) is 53.8 cm³/mol. The summed E-state index contributed by atoms with van der Waals surface area (Å²) in [5.74, 6) is 0. The van der Waals surface area contributed by atoms with E-state index in [0.717, 1.165) is 6.54 Å². The second kappa shape index (κ2) is 4.05. The standard InChI is InChI=1S/C11H15N/c1-4-12-8-11-6-5-9(2)10(3)7-11/h4-7H,8H2,1-3H3. The lowest BCUT2D eigenvalue weighted by Gasteiger charge is -2.01. The minimum absolute atomic E-state index is 0.803. The fraction of sp³-hybridized carbons (Fsp3) is 0.364. The quantitative estimate of drug-likeness (QED) is 0.591. The molecule has 0 N–H and O–H groups in total. The summed E-state index contributed by atoms with van der Waals surface area (Å²) in [5, 5.41) is 0. The van der Waals surface area contributed by atoms with Crippen LogP contribution in [0.3, 0.4) is 0 Å². The Morgan fingerprint density at radius 3 is 2.58 bits per heavy atom. The maximum Gasteiger partial charge on any atom is 0.0635 e. The van der Waals surface area contributed by atoms with E-state index in [2.05, 4.69) is 37.0 Å². The van der Waals surface area contributed by atoms with Crippen LogP contribution in [-0.4, -0.2) is 6.21 Å². The molecule has 0 aromatic heterocycles. The van der Waals surface area contributed by atoms with E-state index in [-0.39, 0.29) is 0 Å². The molecule has 0 aliphatic rings. The minimum atomic E-state index is 0.803. The van der Waals surface area contributed by atoms with E-state index >= 15 is 0 Å². The maximum absolute atomic E-state index is 4.19. The average Bonchev–Trinajstić information content (AvgIpc) is 2.07. The highest BCUT2D eigenvalue weighted by molar-refractivity contribution is 5.53. The van der Waals surface area contributed by atoms with Crippen molar-refractivity contribution in [2.75, 3.05) is 0 Å². The highest BCUT2D eigenvalue weighted by atomic mass is 14.7. The Kier molecular flexibility index (Phi) is 3.03. The van der Waals surface area contributed by atoms with Crippen molar-refractivity contribution in [2.45, 2.75) is 27.3 Å². The third kappa shape index (κ3) is 2.19. The van der Waals surface area contributed by atoms with Crippen LogP contribution in [0.2, 0.25) is 0 Å². The third-order valence-electron chi connectivity index (χ3n) is 2.03. The number of hydrogen-bond donors (Lipinski definition) is 0. The van der Waals surface area contributed by atoms with Gasteiger partial charge in [0.15, 0.2) is 0 Å². The van der Waals surface area contributed by atoms with Gasteiger partial charge in [-0.05, 0) is 43.7 Å². The molecule has 0 saturated heterocycles. The Bertz CT molecular complexity index is 287. The van der Waals surface area contributed by atoms with Crippen LogP contribution in [0.25, 0.3) is 0 Å². The average molecular weight is 161 g/mol. The van der Waals surface area contributed by atoms with Gasteiger partial charge in [0.1, 0.15) is 0 Å². The molecule has 1 aromatic rings. The molecule has 0 bridgehead atoms. The van der Waals surface area contributed by atoms with E-state index in [0.29, 0.717) is 0 Å². The smallest absolute Gasteiger partial charge is 0.0635 e. The Balaban J connectivity index is 2.82. The zero-order valence-electron chi connectivity index (χ0n) is 7.96. The van der Waals surface area contributed by atoms with E-state index < -0.39 is 0 Å². The van der Waals surface area contributed by atoms with Crippen molar-refractivity contribution < 1.29 is 0 Å². The molecule has 0 aliphatic carbocycles. The van der Waals surface area contributed by atoms with Crippen molar-refractivity contribution in [2.24, 2.45) is 4.99 Å². The summed E-state index contributed by atoms with van der Waals surface area (Å²) in [6.07, 6.45) is 1.84. The molecule has 0 fully saturated rings. The topological polar surface area (TPSA) is 12.4 Å². The van der Waals surface area contributed by atoms with Crippen LogP contribution in [0.4, 0.5) is 0 Å². The van der Waals surface area contributed by atoms with Crippen molar-refractivity contribution in [1.82, 2.24) is 0 Å². The molecule has 0 atom stereocenters. The first-order chi connectivity index (χ1) is 5.74. The van der Waals surface area contributed by atoms with Gasteiger partial charge >= 0.3 is 0 Å². The monoisotopic (exact) mass is 161 g/mol. The van der Waals surface area contributed by atoms with E-state index in [1.165, 1.54) is 16.7 Å². The Labute approximate surface area is 74.2 Å². The van der Waals surface area contributed by atoms with Crippen LogP contribution in [0.15, 0.2) is 23.2 Å². The number of rotatable bonds is 2. The molecule has 1 nitrogen and oxygen atoms in total. The van der Waals surface area contributed by atoms with Crippen LogP contribution in [-0.2, 0) is 6.54 Å². The van der Waals surface area contributed by atoms with E-state index in [4.69, 9.17) is 0 Å². The number of hydrogen-bond acceptors (Lipinski definition) is 1. The Hall–Kier alpha value is -1.11. The van der Waals surface area contributed by atoms with Crippen LogP contribution >= 0.6 is 0 Å². The SMILES string of the molecule is CC=NCc1ccc(C)c(C)c1. The lowest BCUT2D eigenvalue weighted by molar-refractivity contribution is 1.06. The Morgan fingerprint density at radius 2 is 2.00 bits per heavy atom. The molecule has 0 radical (unpaired) electrons. The van der Waals surface area contributed by atoms with Gasteiger partial charge in [0, 0.05) is 0 Å². The highest BCUT2D eigenvalue weighted by Gasteiger charge is 1.93. The third-order valence-corrected chi connectivity index (χ3v) is 2.03. The molecule has 64 valence electrons. The van der Waals surface area contributed by atoms with Crippen LogP contribution < -0.4 is 0 Å². The van der Waals surface area contributed by atoms with Gasteiger partial charge in [-0.15, -0.1) is 0 Å². The normalized spacial score (nSPS) is 10.9. The van der Waals surface area contributed by atoms with Gasteiger partial charge in [-0.1, -0.05) is 18.2 Å². The maximum atomic E-state index is 4.19. The molecule has 1 rings (SSSR count). The van der Waals surface area contributed by atoms with Crippen molar-refractivity contribution in [3.63, 3.8) is 0 Å². The molecule has 0 heterocycles. The second-order valence-electron chi connectivity index (χ2n) is 3.02. The fourth-order valence-electron chi connectivity index (χ4n) is 1.10. The first-order valence-corrected chi connectivity index (χ1v) is 4.24. The molecule has 0 unspecified atom stereocenters. The lowest BCUT2D eigenvalue weighted by atomic mass is 10.1. The summed E-state index contributed by atoms with van der Waals surface area (Å²) in [6, 6.07) is 6.48.